The van der Waals surface area contributed by atoms with Gasteiger partial charge in [0.15, 0.2) is 0 Å². The maximum atomic E-state index is 10.8. The van der Waals surface area contributed by atoms with E-state index < -0.39 is 0 Å². The van der Waals surface area contributed by atoms with Crippen LogP contribution in [0.15, 0.2) is 6.20 Å². The lowest BCUT2D eigenvalue weighted by Gasteiger charge is -2.34. The largest absolute Gasteiger partial charge is 0.378 e. The van der Waals surface area contributed by atoms with Crippen molar-refractivity contribution in [3.63, 3.8) is 0 Å². The molecule has 3 heterocycles. The molecule has 0 N–H and O–H groups in total. The van der Waals surface area contributed by atoms with Gasteiger partial charge in [-0.05, 0) is 13.3 Å². The molecule has 18 heavy (non-hydrogen) atoms. The van der Waals surface area contributed by atoms with Gasteiger partial charge in [0.2, 0.25) is 0 Å². The van der Waals surface area contributed by atoms with E-state index >= 15 is 0 Å². The molecule has 2 aliphatic rings. The van der Waals surface area contributed by atoms with Crippen molar-refractivity contribution in [1.82, 2.24) is 14.7 Å². The van der Waals surface area contributed by atoms with Gasteiger partial charge in [-0.3, -0.25) is 19.7 Å². The van der Waals surface area contributed by atoms with Crippen molar-refractivity contribution in [1.29, 1.82) is 0 Å². The van der Waals surface area contributed by atoms with Crippen LogP contribution in [0.2, 0.25) is 0 Å². The number of rotatable bonds is 3. The first-order valence-electron chi connectivity index (χ1n) is 6.17. The molecule has 2 saturated heterocycles. The predicted octanol–water partition coefficient (Wildman–Crippen LogP) is 0.745. The number of aryl methyl sites for hydroxylation is 1. The summed E-state index contributed by atoms with van der Waals surface area (Å²) in [5, 5.41) is 15.1. The normalized spacial score (nSPS) is 25.3. The van der Waals surface area contributed by atoms with E-state index in [1.54, 1.807) is 17.8 Å². The van der Waals surface area contributed by atoms with Crippen LogP contribution >= 0.6 is 0 Å². The van der Waals surface area contributed by atoms with E-state index in [0.717, 1.165) is 32.7 Å². The molecule has 1 aromatic heterocycles. The number of ether oxygens (including phenoxy) is 1. The highest BCUT2D eigenvalue weighted by molar-refractivity contribution is 5.31. The molecule has 2 fully saturated rings. The van der Waals surface area contributed by atoms with Gasteiger partial charge in [-0.2, -0.15) is 5.10 Å². The van der Waals surface area contributed by atoms with Crippen LogP contribution in [-0.4, -0.2) is 51.9 Å². The van der Waals surface area contributed by atoms with Gasteiger partial charge in [-0.1, -0.05) is 0 Å². The SMILES string of the molecule is Cc1nn([C@H]2CCN(C3COC3)C2)cc1[N+](=O)[O-]. The third-order valence-electron chi connectivity index (χ3n) is 3.79. The fourth-order valence-electron chi connectivity index (χ4n) is 2.59. The minimum absolute atomic E-state index is 0.112. The molecule has 0 radical (unpaired) electrons. The number of nitro groups is 1. The second-order valence-corrected chi connectivity index (χ2v) is 4.97. The Morgan fingerprint density at radius 2 is 2.28 bits per heavy atom. The van der Waals surface area contributed by atoms with Crippen molar-refractivity contribution < 1.29 is 9.66 Å². The molecule has 0 amide bonds. The van der Waals surface area contributed by atoms with Crippen molar-refractivity contribution >= 4 is 5.69 Å². The van der Waals surface area contributed by atoms with Gasteiger partial charge < -0.3 is 4.74 Å². The summed E-state index contributed by atoms with van der Waals surface area (Å²) >= 11 is 0. The summed E-state index contributed by atoms with van der Waals surface area (Å²) in [6.07, 6.45) is 2.55. The van der Waals surface area contributed by atoms with Crippen LogP contribution in [0.1, 0.15) is 18.2 Å². The van der Waals surface area contributed by atoms with E-state index in [2.05, 4.69) is 10.00 Å². The number of aromatic nitrogens is 2. The van der Waals surface area contributed by atoms with Crippen molar-refractivity contribution in [2.24, 2.45) is 0 Å². The van der Waals surface area contributed by atoms with Crippen LogP contribution in [0.25, 0.3) is 0 Å². The second-order valence-electron chi connectivity index (χ2n) is 4.97. The van der Waals surface area contributed by atoms with E-state index in [-0.39, 0.29) is 16.7 Å². The van der Waals surface area contributed by atoms with Gasteiger partial charge in [0.05, 0.1) is 30.2 Å². The zero-order valence-corrected chi connectivity index (χ0v) is 10.3. The second kappa shape index (κ2) is 4.33. The average Bonchev–Trinajstić information content (AvgIpc) is 2.82. The third-order valence-corrected chi connectivity index (χ3v) is 3.79. The lowest BCUT2D eigenvalue weighted by Crippen LogP contribution is -2.47. The zero-order chi connectivity index (χ0) is 12.7. The van der Waals surface area contributed by atoms with Crippen molar-refractivity contribution in [3.8, 4) is 0 Å². The van der Waals surface area contributed by atoms with Crippen LogP contribution in [-0.2, 0) is 4.74 Å². The standard InChI is InChI=1S/C11H16N4O3/c1-8-11(15(16)17)5-14(12-8)9-2-3-13(4-9)10-6-18-7-10/h5,9-10H,2-4,6-7H2,1H3/t9-/m0/s1. The van der Waals surface area contributed by atoms with Gasteiger partial charge in [-0.25, -0.2) is 0 Å². The molecule has 2 aliphatic heterocycles. The molecule has 0 saturated carbocycles. The van der Waals surface area contributed by atoms with E-state index in [4.69, 9.17) is 4.74 Å². The number of hydrogen-bond donors (Lipinski definition) is 0. The van der Waals surface area contributed by atoms with Gasteiger partial charge in [0.1, 0.15) is 11.9 Å². The number of likely N-dealkylation sites (tertiary alicyclic amines) is 1. The molecule has 0 unspecified atom stereocenters. The lowest BCUT2D eigenvalue weighted by atomic mass is 10.2. The lowest BCUT2D eigenvalue weighted by molar-refractivity contribution is -0.385. The first-order valence-corrected chi connectivity index (χ1v) is 6.17. The smallest absolute Gasteiger partial charge is 0.309 e. The van der Waals surface area contributed by atoms with Crippen LogP contribution < -0.4 is 0 Å². The Morgan fingerprint density at radius 3 is 2.83 bits per heavy atom. The molecule has 0 aromatic carbocycles. The Hall–Kier alpha value is -1.47. The fraction of sp³-hybridized carbons (Fsp3) is 0.727. The first-order chi connectivity index (χ1) is 8.65. The molecule has 0 spiro atoms. The Labute approximate surface area is 104 Å². The van der Waals surface area contributed by atoms with Gasteiger partial charge in [-0.15, -0.1) is 0 Å². The maximum Gasteiger partial charge on any atom is 0.309 e. The first kappa shape index (κ1) is 11.6. The minimum Gasteiger partial charge on any atom is -0.378 e. The molecule has 0 aliphatic carbocycles. The molecule has 1 atom stereocenters. The minimum atomic E-state index is -0.370. The van der Waals surface area contributed by atoms with Gasteiger partial charge >= 0.3 is 5.69 Å². The molecule has 0 bridgehead atoms. The Balaban J connectivity index is 1.72. The summed E-state index contributed by atoms with van der Waals surface area (Å²) in [5.74, 6) is 0. The average molecular weight is 252 g/mol. The Bertz CT molecular complexity index is 469. The van der Waals surface area contributed by atoms with Crippen molar-refractivity contribution in [3.05, 3.63) is 22.0 Å². The highest BCUT2D eigenvalue weighted by Gasteiger charge is 2.34. The van der Waals surface area contributed by atoms with Crippen LogP contribution in [0.5, 0.6) is 0 Å². The van der Waals surface area contributed by atoms with E-state index in [0.29, 0.717) is 11.7 Å². The van der Waals surface area contributed by atoms with Crippen LogP contribution in [0, 0.1) is 17.0 Å². The quantitative estimate of drug-likeness (QED) is 0.586. The van der Waals surface area contributed by atoms with Crippen LogP contribution in [0.4, 0.5) is 5.69 Å². The van der Waals surface area contributed by atoms with E-state index in [9.17, 15) is 10.1 Å². The summed E-state index contributed by atoms with van der Waals surface area (Å²) < 4.78 is 6.95. The van der Waals surface area contributed by atoms with Gasteiger partial charge in [0.25, 0.3) is 0 Å². The molecular weight excluding hydrogens is 236 g/mol. The summed E-state index contributed by atoms with van der Waals surface area (Å²) in [6, 6.07) is 0.777. The topological polar surface area (TPSA) is 73.4 Å². The fourth-order valence-corrected chi connectivity index (χ4v) is 2.59. The summed E-state index contributed by atoms with van der Waals surface area (Å²) in [5.41, 5.74) is 0.603. The summed E-state index contributed by atoms with van der Waals surface area (Å²) in [7, 11) is 0. The number of nitrogens with zero attached hydrogens (tertiary/aromatic N) is 4. The molecule has 7 nitrogen and oxygen atoms in total. The molecule has 7 heteroatoms. The third kappa shape index (κ3) is 1.89. The highest BCUT2D eigenvalue weighted by Crippen LogP contribution is 2.27. The Morgan fingerprint density at radius 1 is 1.50 bits per heavy atom. The number of hydrogen-bond acceptors (Lipinski definition) is 5. The zero-order valence-electron chi connectivity index (χ0n) is 10.3. The molecule has 98 valence electrons. The molecular formula is C11H16N4O3. The monoisotopic (exact) mass is 252 g/mol. The summed E-state index contributed by atoms with van der Waals surface area (Å²) in [4.78, 5) is 12.8. The highest BCUT2D eigenvalue weighted by atomic mass is 16.6. The van der Waals surface area contributed by atoms with E-state index in [1.165, 1.54) is 0 Å². The van der Waals surface area contributed by atoms with E-state index in [1.807, 2.05) is 0 Å². The predicted molar refractivity (Wildman–Crippen MR) is 63.5 cm³/mol. The Kier molecular flexibility index (Phi) is 2.79. The van der Waals surface area contributed by atoms with Crippen molar-refractivity contribution in [2.45, 2.75) is 25.4 Å². The molecule has 1 aromatic rings. The summed E-state index contributed by atoms with van der Waals surface area (Å²) in [6.45, 7) is 5.23. The maximum absolute atomic E-state index is 10.8. The molecule has 3 rings (SSSR count). The van der Waals surface area contributed by atoms with Gasteiger partial charge in [0, 0.05) is 13.1 Å². The van der Waals surface area contributed by atoms with Crippen LogP contribution in [0.3, 0.4) is 0 Å². The van der Waals surface area contributed by atoms with Crippen molar-refractivity contribution in [2.75, 3.05) is 26.3 Å².